The first-order valence-corrected chi connectivity index (χ1v) is 8.14. The summed E-state index contributed by atoms with van der Waals surface area (Å²) in [6.45, 7) is 5.05. The third-order valence-electron chi connectivity index (χ3n) is 4.44. The first-order valence-electron chi connectivity index (χ1n) is 8.14. The van der Waals surface area contributed by atoms with Gasteiger partial charge in [-0.15, -0.1) is 12.4 Å². The van der Waals surface area contributed by atoms with E-state index < -0.39 is 0 Å². The number of nitrogens with one attached hydrogen (secondary N) is 1. The fourth-order valence-corrected chi connectivity index (χ4v) is 3.31. The quantitative estimate of drug-likeness (QED) is 0.924. The van der Waals surface area contributed by atoms with Crippen molar-refractivity contribution >= 4 is 12.4 Å². The van der Waals surface area contributed by atoms with E-state index >= 15 is 0 Å². The Kier molecular flexibility index (Phi) is 5.56. The van der Waals surface area contributed by atoms with Gasteiger partial charge in [0.1, 0.15) is 13.2 Å². The molecule has 2 aliphatic rings. The van der Waals surface area contributed by atoms with E-state index in [-0.39, 0.29) is 12.4 Å². The largest absolute Gasteiger partial charge is 0.486 e. The number of benzene rings is 1. The van der Waals surface area contributed by atoms with Gasteiger partial charge in [0.15, 0.2) is 11.5 Å². The maximum absolute atomic E-state index is 5.86. The molecule has 3 heterocycles. The van der Waals surface area contributed by atoms with Gasteiger partial charge < -0.3 is 14.8 Å². The Hall–Kier alpha value is -1.82. The SMILES string of the molecule is Cl.c1cncc(C2CNCCN2Cc2cccc3c2OCCO3)c1. The van der Waals surface area contributed by atoms with Gasteiger partial charge in [-0.2, -0.15) is 0 Å². The highest BCUT2D eigenvalue weighted by Crippen LogP contribution is 2.35. The van der Waals surface area contributed by atoms with Crippen LogP contribution >= 0.6 is 12.4 Å². The molecule has 1 N–H and O–H groups in total. The van der Waals surface area contributed by atoms with E-state index in [0.29, 0.717) is 19.3 Å². The number of fused-ring (bicyclic) bond motifs is 1. The van der Waals surface area contributed by atoms with E-state index in [1.54, 1.807) is 0 Å². The molecule has 0 saturated carbocycles. The van der Waals surface area contributed by atoms with E-state index in [9.17, 15) is 0 Å². The lowest BCUT2D eigenvalue weighted by Crippen LogP contribution is -2.45. The zero-order chi connectivity index (χ0) is 15.5. The van der Waals surface area contributed by atoms with Crippen LogP contribution in [0.15, 0.2) is 42.7 Å². The number of rotatable bonds is 3. The van der Waals surface area contributed by atoms with Crippen molar-refractivity contribution < 1.29 is 9.47 Å². The molecule has 1 unspecified atom stereocenters. The van der Waals surface area contributed by atoms with Gasteiger partial charge in [0, 0.05) is 50.2 Å². The summed E-state index contributed by atoms with van der Waals surface area (Å²) in [6.07, 6.45) is 3.79. The predicted molar refractivity (Wildman–Crippen MR) is 94.9 cm³/mol. The summed E-state index contributed by atoms with van der Waals surface area (Å²) in [5.74, 6) is 1.77. The topological polar surface area (TPSA) is 46.6 Å². The normalized spacial score (nSPS) is 20.2. The van der Waals surface area contributed by atoms with E-state index in [0.717, 1.165) is 37.7 Å². The summed E-state index contributed by atoms with van der Waals surface area (Å²) < 4.78 is 11.6. The number of halogens is 1. The molecule has 0 amide bonds. The molecule has 1 aromatic carbocycles. The Morgan fingerprint density at radius 2 is 2.08 bits per heavy atom. The molecule has 128 valence electrons. The third-order valence-corrected chi connectivity index (χ3v) is 4.44. The van der Waals surface area contributed by atoms with Crippen LogP contribution in [0.4, 0.5) is 0 Å². The molecule has 1 fully saturated rings. The second kappa shape index (κ2) is 7.83. The minimum atomic E-state index is 0. The van der Waals surface area contributed by atoms with Gasteiger partial charge in [-0.05, 0) is 17.7 Å². The van der Waals surface area contributed by atoms with Crippen molar-refractivity contribution in [3.8, 4) is 11.5 Å². The molecular formula is C18H22ClN3O2. The van der Waals surface area contributed by atoms with E-state index in [4.69, 9.17) is 9.47 Å². The Labute approximate surface area is 148 Å². The molecule has 2 aliphatic heterocycles. The molecule has 1 aromatic heterocycles. The first-order chi connectivity index (χ1) is 11.4. The fraction of sp³-hybridized carbons (Fsp3) is 0.389. The minimum absolute atomic E-state index is 0. The highest BCUT2D eigenvalue weighted by Gasteiger charge is 2.26. The number of piperazine rings is 1. The highest BCUT2D eigenvalue weighted by atomic mass is 35.5. The summed E-state index contributed by atoms with van der Waals surface area (Å²) in [4.78, 5) is 6.76. The molecule has 5 nitrogen and oxygen atoms in total. The van der Waals surface area contributed by atoms with Gasteiger partial charge in [-0.25, -0.2) is 0 Å². The number of hydrogen-bond acceptors (Lipinski definition) is 5. The maximum atomic E-state index is 5.86. The summed E-state index contributed by atoms with van der Waals surface area (Å²) in [5.41, 5.74) is 2.44. The van der Waals surface area contributed by atoms with E-state index in [1.165, 1.54) is 11.1 Å². The van der Waals surface area contributed by atoms with Crippen LogP contribution in [0.3, 0.4) is 0 Å². The van der Waals surface area contributed by atoms with Crippen LogP contribution < -0.4 is 14.8 Å². The van der Waals surface area contributed by atoms with Crippen LogP contribution in [-0.4, -0.2) is 42.7 Å². The van der Waals surface area contributed by atoms with Crippen molar-refractivity contribution in [2.75, 3.05) is 32.8 Å². The average molecular weight is 348 g/mol. The highest BCUT2D eigenvalue weighted by molar-refractivity contribution is 5.85. The van der Waals surface area contributed by atoms with Gasteiger partial charge in [-0.1, -0.05) is 18.2 Å². The lowest BCUT2D eigenvalue weighted by atomic mass is 10.0. The fourth-order valence-electron chi connectivity index (χ4n) is 3.31. The molecule has 0 bridgehead atoms. The second-order valence-corrected chi connectivity index (χ2v) is 5.92. The van der Waals surface area contributed by atoms with Crippen LogP contribution in [0.2, 0.25) is 0 Å². The summed E-state index contributed by atoms with van der Waals surface area (Å²) in [7, 11) is 0. The molecule has 4 rings (SSSR count). The number of nitrogens with zero attached hydrogens (tertiary/aromatic N) is 2. The molecule has 6 heteroatoms. The van der Waals surface area contributed by atoms with Crippen molar-refractivity contribution in [3.05, 3.63) is 53.9 Å². The van der Waals surface area contributed by atoms with Crippen LogP contribution in [0.1, 0.15) is 17.2 Å². The summed E-state index contributed by atoms with van der Waals surface area (Å²) in [5, 5.41) is 3.49. The molecule has 2 aromatic rings. The average Bonchev–Trinajstić information content (AvgIpc) is 2.63. The lowest BCUT2D eigenvalue weighted by molar-refractivity contribution is 0.142. The number of hydrogen-bond donors (Lipinski definition) is 1. The number of aromatic nitrogens is 1. The maximum Gasteiger partial charge on any atom is 0.165 e. The van der Waals surface area contributed by atoms with Crippen LogP contribution in [0.5, 0.6) is 11.5 Å². The van der Waals surface area contributed by atoms with Gasteiger partial charge in [0.2, 0.25) is 0 Å². The van der Waals surface area contributed by atoms with Crippen molar-refractivity contribution in [2.24, 2.45) is 0 Å². The summed E-state index contributed by atoms with van der Waals surface area (Å²) in [6, 6.07) is 10.6. The molecular weight excluding hydrogens is 326 g/mol. The van der Waals surface area contributed by atoms with E-state index in [2.05, 4.69) is 27.3 Å². The number of ether oxygens (including phenoxy) is 2. The van der Waals surface area contributed by atoms with Crippen LogP contribution in [0.25, 0.3) is 0 Å². The van der Waals surface area contributed by atoms with Gasteiger partial charge >= 0.3 is 0 Å². The monoisotopic (exact) mass is 347 g/mol. The smallest absolute Gasteiger partial charge is 0.165 e. The predicted octanol–water partition coefficient (Wildman–Crippen LogP) is 2.42. The van der Waals surface area contributed by atoms with Crippen LogP contribution in [-0.2, 0) is 6.54 Å². The molecule has 24 heavy (non-hydrogen) atoms. The Morgan fingerprint density at radius 1 is 1.17 bits per heavy atom. The second-order valence-electron chi connectivity index (χ2n) is 5.92. The van der Waals surface area contributed by atoms with E-state index in [1.807, 2.05) is 30.6 Å². The molecule has 1 saturated heterocycles. The number of para-hydroxylation sites is 1. The Balaban J connectivity index is 0.00000169. The first kappa shape index (κ1) is 17.0. The zero-order valence-electron chi connectivity index (χ0n) is 13.5. The number of pyridine rings is 1. The van der Waals surface area contributed by atoms with Crippen molar-refractivity contribution in [1.29, 1.82) is 0 Å². The van der Waals surface area contributed by atoms with Gasteiger partial charge in [0.25, 0.3) is 0 Å². The minimum Gasteiger partial charge on any atom is -0.486 e. The van der Waals surface area contributed by atoms with Crippen molar-refractivity contribution in [2.45, 2.75) is 12.6 Å². The Bertz CT molecular complexity index is 669. The molecule has 0 aliphatic carbocycles. The lowest BCUT2D eigenvalue weighted by Gasteiger charge is -2.37. The molecule has 0 radical (unpaired) electrons. The van der Waals surface area contributed by atoms with Gasteiger partial charge in [-0.3, -0.25) is 9.88 Å². The van der Waals surface area contributed by atoms with Crippen LogP contribution in [0, 0.1) is 0 Å². The van der Waals surface area contributed by atoms with Gasteiger partial charge in [0.05, 0.1) is 0 Å². The standard InChI is InChI=1S/C18H21N3O2.ClH/c1-3-15(18-17(5-1)22-9-10-23-18)13-21-8-7-20-12-16(21)14-4-2-6-19-11-14;/h1-6,11,16,20H,7-10,12-13H2;1H. The van der Waals surface area contributed by atoms with Crippen molar-refractivity contribution in [1.82, 2.24) is 15.2 Å². The third kappa shape index (κ3) is 3.48. The van der Waals surface area contributed by atoms with Crippen molar-refractivity contribution in [3.63, 3.8) is 0 Å². The molecule has 0 spiro atoms. The Morgan fingerprint density at radius 3 is 2.96 bits per heavy atom. The zero-order valence-corrected chi connectivity index (χ0v) is 14.3. The molecule has 1 atom stereocenters. The summed E-state index contributed by atoms with van der Waals surface area (Å²) >= 11 is 0.